The molecule has 0 atom stereocenters. The maximum atomic E-state index is 12.1. The summed E-state index contributed by atoms with van der Waals surface area (Å²) in [6.07, 6.45) is 0. The highest BCUT2D eigenvalue weighted by atomic mass is 127. The summed E-state index contributed by atoms with van der Waals surface area (Å²) in [5.74, 6) is 1.78. The number of benzene rings is 2. The number of carbonyl (C=O) groups excluding carboxylic acids is 1. The Morgan fingerprint density at radius 1 is 1.00 bits per heavy atom. The lowest BCUT2D eigenvalue weighted by Gasteiger charge is -2.14. The molecule has 0 bridgehead atoms. The van der Waals surface area contributed by atoms with E-state index in [-0.39, 0.29) is 29.9 Å². The van der Waals surface area contributed by atoms with Crippen LogP contribution >= 0.6 is 24.0 Å². The van der Waals surface area contributed by atoms with Crippen molar-refractivity contribution in [1.82, 2.24) is 10.6 Å². The van der Waals surface area contributed by atoms with Gasteiger partial charge in [0.05, 0.1) is 14.2 Å². The molecule has 0 saturated carbocycles. The van der Waals surface area contributed by atoms with Crippen LogP contribution in [-0.2, 0) is 0 Å². The van der Waals surface area contributed by atoms with Crippen molar-refractivity contribution in [3.05, 3.63) is 53.6 Å². The fourth-order valence-electron chi connectivity index (χ4n) is 2.48. The van der Waals surface area contributed by atoms with Gasteiger partial charge in [-0.3, -0.25) is 9.79 Å². The molecule has 1 amide bonds. The van der Waals surface area contributed by atoms with Crippen molar-refractivity contribution in [1.29, 1.82) is 0 Å². The van der Waals surface area contributed by atoms with Crippen LogP contribution in [0.15, 0.2) is 47.5 Å². The zero-order valence-electron chi connectivity index (χ0n) is 16.5. The van der Waals surface area contributed by atoms with Crippen LogP contribution in [0.4, 0.5) is 5.69 Å². The predicted octanol–water partition coefficient (Wildman–Crippen LogP) is 3.05. The van der Waals surface area contributed by atoms with Gasteiger partial charge in [-0.2, -0.15) is 0 Å². The van der Waals surface area contributed by atoms with Crippen LogP contribution in [0, 0.1) is 6.92 Å². The van der Waals surface area contributed by atoms with Gasteiger partial charge < -0.3 is 25.4 Å². The second-order valence-electron chi connectivity index (χ2n) is 5.82. The van der Waals surface area contributed by atoms with E-state index in [1.165, 1.54) is 0 Å². The highest BCUT2D eigenvalue weighted by molar-refractivity contribution is 14.0. The lowest BCUT2D eigenvalue weighted by atomic mass is 10.1. The van der Waals surface area contributed by atoms with Crippen LogP contribution in [0.2, 0.25) is 0 Å². The average Bonchev–Trinajstić information content (AvgIpc) is 2.69. The maximum absolute atomic E-state index is 12.1. The molecule has 0 unspecified atom stereocenters. The summed E-state index contributed by atoms with van der Waals surface area (Å²) in [5, 5.41) is 9.21. The Morgan fingerprint density at radius 3 is 2.36 bits per heavy atom. The summed E-state index contributed by atoms with van der Waals surface area (Å²) >= 11 is 0. The number of rotatable bonds is 7. The highest BCUT2D eigenvalue weighted by Gasteiger charge is 2.07. The molecular weight excluding hydrogens is 471 g/mol. The van der Waals surface area contributed by atoms with Crippen molar-refractivity contribution in [3.63, 3.8) is 0 Å². The third-order valence-electron chi connectivity index (χ3n) is 3.85. The first-order chi connectivity index (χ1) is 13.1. The average molecular weight is 498 g/mol. The van der Waals surface area contributed by atoms with Crippen molar-refractivity contribution >= 4 is 41.5 Å². The molecule has 0 saturated heterocycles. The van der Waals surface area contributed by atoms with Gasteiger partial charge in [-0.15, -0.1) is 24.0 Å². The molecule has 3 N–H and O–H groups in total. The Morgan fingerprint density at radius 2 is 1.71 bits per heavy atom. The van der Waals surface area contributed by atoms with Crippen LogP contribution in [0.3, 0.4) is 0 Å². The Bertz CT molecular complexity index is 812. The smallest absolute Gasteiger partial charge is 0.251 e. The van der Waals surface area contributed by atoms with Gasteiger partial charge in [-0.25, -0.2) is 0 Å². The molecule has 0 radical (unpaired) electrons. The molecule has 0 aromatic heterocycles. The Balaban J connectivity index is 0.00000392. The fourth-order valence-corrected chi connectivity index (χ4v) is 2.48. The highest BCUT2D eigenvalue weighted by Crippen LogP contribution is 2.29. The first kappa shape index (κ1) is 23.5. The quantitative estimate of drug-likeness (QED) is 0.237. The van der Waals surface area contributed by atoms with Crippen LogP contribution in [0.1, 0.15) is 15.9 Å². The third-order valence-corrected chi connectivity index (χ3v) is 3.85. The minimum absolute atomic E-state index is 0. The number of hydrogen-bond acceptors (Lipinski definition) is 4. The van der Waals surface area contributed by atoms with Gasteiger partial charge in [0.25, 0.3) is 5.91 Å². The lowest BCUT2D eigenvalue weighted by Crippen LogP contribution is -2.37. The second-order valence-corrected chi connectivity index (χ2v) is 5.82. The number of nitrogens with zero attached hydrogens (tertiary/aromatic N) is 1. The number of aryl methyl sites for hydroxylation is 1. The number of hydrogen-bond donors (Lipinski definition) is 3. The van der Waals surface area contributed by atoms with E-state index in [4.69, 9.17) is 9.47 Å². The van der Waals surface area contributed by atoms with E-state index in [1.54, 1.807) is 27.3 Å². The third kappa shape index (κ3) is 6.91. The number of ether oxygens (including phenoxy) is 2. The molecule has 0 aliphatic carbocycles. The summed E-state index contributed by atoms with van der Waals surface area (Å²) in [6.45, 7) is 2.96. The summed E-state index contributed by atoms with van der Waals surface area (Å²) < 4.78 is 10.5. The van der Waals surface area contributed by atoms with E-state index in [0.717, 1.165) is 11.3 Å². The summed E-state index contributed by atoms with van der Waals surface area (Å²) in [4.78, 5) is 16.3. The first-order valence-electron chi connectivity index (χ1n) is 8.62. The molecule has 7 nitrogen and oxygen atoms in total. The fraction of sp³-hybridized carbons (Fsp3) is 0.300. The topological polar surface area (TPSA) is 84.0 Å². The molecule has 0 aliphatic rings. The van der Waals surface area contributed by atoms with Crippen LogP contribution in [-0.4, -0.2) is 46.2 Å². The Hall–Kier alpha value is -2.49. The van der Waals surface area contributed by atoms with Gasteiger partial charge in [-0.1, -0.05) is 17.7 Å². The number of guanidine groups is 1. The van der Waals surface area contributed by atoms with E-state index in [2.05, 4.69) is 20.9 Å². The first-order valence-corrected chi connectivity index (χ1v) is 8.62. The van der Waals surface area contributed by atoms with Gasteiger partial charge >= 0.3 is 0 Å². The largest absolute Gasteiger partial charge is 0.493 e. The van der Waals surface area contributed by atoms with Crippen molar-refractivity contribution in [2.75, 3.05) is 39.7 Å². The number of halogens is 1. The minimum atomic E-state index is -0.0941. The molecule has 0 spiro atoms. The monoisotopic (exact) mass is 498 g/mol. The number of amides is 1. The standard InChI is InChI=1S/C20H26N4O3.HI/c1-14-6-5-7-15(12-14)19(25)22-10-11-23-20(21-2)24-16-8-9-17(26-3)18(13-16)27-4;/h5-9,12-13H,10-11H2,1-4H3,(H,22,25)(H2,21,23,24);1H. The molecule has 0 aliphatic heterocycles. The van der Waals surface area contributed by atoms with Crippen LogP contribution < -0.4 is 25.4 Å². The lowest BCUT2D eigenvalue weighted by molar-refractivity contribution is 0.0954. The van der Waals surface area contributed by atoms with Gasteiger partial charge in [-0.05, 0) is 31.2 Å². The van der Waals surface area contributed by atoms with Crippen molar-refractivity contribution in [2.45, 2.75) is 6.92 Å². The molecule has 2 aromatic rings. The van der Waals surface area contributed by atoms with Crippen LogP contribution in [0.5, 0.6) is 11.5 Å². The van der Waals surface area contributed by atoms with Gasteiger partial charge in [0, 0.05) is 37.5 Å². The number of carbonyl (C=O) groups is 1. The van der Waals surface area contributed by atoms with Gasteiger partial charge in [0.2, 0.25) is 0 Å². The summed E-state index contributed by atoms with van der Waals surface area (Å²) in [7, 11) is 4.86. The molecule has 152 valence electrons. The predicted molar refractivity (Wildman–Crippen MR) is 123 cm³/mol. The molecule has 28 heavy (non-hydrogen) atoms. The van der Waals surface area contributed by atoms with Crippen molar-refractivity contribution in [2.24, 2.45) is 4.99 Å². The number of methoxy groups -OCH3 is 2. The molecule has 2 aromatic carbocycles. The van der Waals surface area contributed by atoms with E-state index < -0.39 is 0 Å². The zero-order valence-corrected chi connectivity index (χ0v) is 18.9. The van der Waals surface area contributed by atoms with Gasteiger partial charge in [0.15, 0.2) is 17.5 Å². The van der Waals surface area contributed by atoms with E-state index >= 15 is 0 Å². The molecule has 2 rings (SSSR count). The summed E-state index contributed by atoms with van der Waals surface area (Å²) in [6, 6.07) is 13.0. The molecule has 8 heteroatoms. The van der Waals surface area contributed by atoms with Gasteiger partial charge in [0.1, 0.15) is 0 Å². The Kier molecular flexibility index (Phi) is 10.1. The normalized spacial score (nSPS) is 10.5. The number of nitrogens with one attached hydrogen (secondary N) is 3. The molecular formula is C20H27IN4O3. The maximum Gasteiger partial charge on any atom is 0.251 e. The Labute approximate surface area is 182 Å². The molecule has 0 fully saturated rings. The number of anilines is 1. The second kappa shape index (κ2) is 12.1. The zero-order chi connectivity index (χ0) is 19.6. The van der Waals surface area contributed by atoms with Crippen molar-refractivity contribution < 1.29 is 14.3 Å². The van der Waals surface area contributed by atoms with E-state index in [9.17, 15) is 4.79 Å². The van der Waals surface area contributed by atoms with E-state index in [1.807, 2.05) is 43.3 Å². The minimum Gasteiger partial charge on any atom is -0.493 e. The summed E-state index contributed by atoms with van der Waals surface area (Å²) in [5.41, 5.74) is 2.52. The molecule has 0 heterocycles. The van der Waals surface area contributed by atoms with Crippen LogP contribution in [0.25, 0.3) is 0 Å². The van der Waals surface area contributed by atoms with E-state index in [0.29, 0.717) is 36.1 Å². The van der Waals surface area contributed by atoms with Crippen molar-refractivity contribution in [3.8, 4) is 11.5 Å². The SMILES string of the molecule is CN=C(NCCNC(=O)c1cccc(C)c1)Nc1ccc(OC)c(OC)c1.I. The number of aliphatic imine (C=N–C) groups is 1.